The molecule has 0 unspecified atom stereocenters. The summed E-state index contributed by atoms with van der Waals surface area (Å²) in [6.45, 7) is 0. The molecule has 0 saturated heterocycles. The fourth-order valence-corrected chi connectivity index (χ4v) is 2.65. The molecule has 0 radical (unpaired) electrons. The molecule has 1 aromatic carbocycles. The lowest BCUT2D eigenvalue weighted by atomic mass is 10.2. The Kier molecular flexibility index (Phi) is 2.88. The first kappa shape index (κ1) is 11.8. The Hall–Kier alpha value is -1.32. The zero-order chi connectivity index (χ0) is 12.7. The number of halogens is 2. The summed E-state index contributed by atoms with van der Waals surface area (Å²) in [6.07, 6.45) is 4.56. The predicted octanol–water partition coefficient (Wildman–Crippen LogP) is 3.87. The van der Waals surface area contributed by atoms with Crippen molar-refractivity contribution in [3.8, 4) is 5.69 Å². The lowest BCUT2D eigenvalue weighted by molar-refractivity contribution is 0.112. The van der Waals surface area contributed by atoms with Crippen LogP contribution in [0.4, 0.5) is 0 Å². The minimum Gasteiger partial charge on any atom is -0.298 e. The van der Waals surface area contributed by atoms with Crippen molar-refractivity contribution in [2.24, 2.45) is 0 Å². The van der Waals surface area contributed by atoms with E-state index < -0.39 is 0 Å². The largest absolute Gasteiger partial charge is 0.298 e. The number of aromatic nitrogens is 2. The first-order valence-corrected chi connectivity index (χ1v) is 6.45. The van der Waals surface area contributed by atoms with Gasteiger partial charge in [-0.2, -0.15) is 5.10 Å². The SMILES string of the molecule is O=Cc1cnn(-c2c(Cl)cccc2Cl)c1C1CC1. The zero-order valence-electron chi connectivity index (χ0n) is 9.44. The van der Waals surface area contributed by atoms with Crippen molar-refractivity contribution in [1.82, 2.24) is 9.78 Å². The van der Waals surface area contributed by atoms with Crippen LogP contribution in [0.2, 0.25) is 10.0 Å². The second-order valence-electron chi connectivity index (χ2n) is 4.36. The maximum absolute atomic E-state index is 11.1. The third-order valence-electron chi connectivity index (χ3n) is 3.08. The number of para-hydroxylation sites is 1. The van der Waals surface area contributed by atoms with Crippen LogP contribution in [-0.2, 0) is 0 Å². The lowest BCUT2D eigenvalue weighted by Crippen LogP contribution is -2.04. The highest BCUT2D eigenvalue weighted by Gasteiger charge is 2.31. The molecule has 1 saturated carbocycles. The lowest BCUT2D eigenvalue weighted by Gasteiger charge is -2.10. The van der Waals surface area contributed by atoms with Crippen molar-refractivity contribution in [3.63, 3.8) is 0 Å². The molecule has 92 valence electrons. The van der Waals surface area contributed by atoms with E-state index in [2.05, 4.69) is 5.10 Å². The molecule has 5 heteroatoms. The van der Waals surface area contributed by atoms with Gasteiger partial charge in [0.2, 0.25) is 0 Å². The Morgan fingerprint density at radius 2 is 1.94 bits per heavy atom. The molecule has 1 fully saturated rings. The monoisotopic (exact) mass is 280 g/mol. The minimum absolute atomic E-state index is 0.389. The molecule has 1 aliphatic carbocycles. The molecule has 1 aliphatic rings. The zero-order valence-corrected chi connectivity index (χ0v) is 10.9. The molecule has 0 N–H and O–H groups in total. The summed E-state index contributed by atoms with van der Waals surface area (Å²) >= 11 is 12.4. The molecule has 3 rings (SSSR count). The molecular formula is C13H10Cl2N2O. The van der Waals surface area contributed by atoms with Crippen LogP contribution in [0.3, 0.4) is 0 Å². The van der Waals surface area contributed by atoms with Gasteiger partial charge in [0.05, 0.1) is 27.5 Å². The van der Waals surface area contributed by atoms with Crippen LogP contribution < -0.4 is 0 Å². The first-order valence-electron chi connectivity index (χ1n) is 5.70. The van der Waals surface area contributed by atoms with Crippen LogP contribution in [0, 0.1) is 0 Å². The number of aldehydes is 1. The second kappa shape index (κ2) is 4.41. The van der Waals surface area contributed by atoms with E-state index in [1.54, 1.807) is 29.1 Å². The Morgan fingerprint density at radius 1 is 1.28 bits per heavy atom. The summed E-state index contributed by atoms with van der Waals surface area (Å²) in [6, 6.07) is 5.32. The third kappa shape index (κ3) is 1.84. The summed E-state index contributed by atoms with van der Waals surface area (Å²) < 4.78 is 1.70. The Bertz CT molecular complexity index is 597. The van der Waals surface area contributed by atoms with Crippen LogP contribution in [-0.4, -0.2) is 16.1 Å². The fraction of sp³-hybridized carbons (Fsp3) is 0.231. The van der Waals surface area contributed by atoms with E-state index in [1.165, 1.54) is 0 Å². The number of nitrogens with zero attached hydrogens (tertiary/aromatic N) is 2. The summed E-state index contributed by atoms with van der Waals surface area (Å²) in [4.78, 5) is 11.1. The van der Waals surface area contributed by atoms with Crippen molar-refractivity contribution in [3.05, 3.63) is 45.7 Å². The molecule has 0 aliphatic heterocycles. The molecule has 18 heavy (non-hydrogen) atoms. The van der Waals surface area contributed by atoms with Crippen molar-refractivity contribution in [2.45, 2.75) is 18.8 Å². The van der Waals surface area contributed by atoms with E-state index in [0.717, 1.165) is 24.8 Å². The van der Waals surface area contributed by atoms with Crippen LogP contribution in [0.5, 0.6) is 0 Å². The van der Waals surface area contributed by atoms with Crippen molar-refractivity contribution in [1.29, 1.82) is 0 Å². The molecular weight excluding hydrogens is 271 g/mol. The first-order chi connectivity index (χ1) is 8.72. The van der Waals surface area contributed by atoms with E-state index in [1.807, 2.05) is 0 Å². The highest BCUT2D eigenvalue weighted by molar-refractivity contribution is 6.37. The van der Waals surface area contributed by atoms with Crippen molar-refractivity contribution < 1.29 is 4.79 Å². The van der Waals surface area contributed by atoms with Gasteiger partial charge in [-0.05, 0) is 25.0 Å². The van der Waals surface area contributed by atoms with E-state index in [9.17, 15) is 4.79 Å². The number of hydrogen-bond acceptors (Lipinski definition) is 2. The van der Waals surface area contributed by atoms with Crippen LogP contribution in [0.25, 0.3) is 5.69 Å². The number of carbonyl (C=O) groups excluding carboxylic acids is 1. The minimum atomic E-state index is 0.389. The van der Waals surface area contributed by atoms with Gasteiger partial charge >= 0.3 is 0 Å². The molecule has 0 atom stereocenters. The maximum Gasteiger partial charge on any atom is 0.153 e. The van der Waals surface area contributed by atoms with E-state index in [-0.39, 0.29) is 0 Å². The van der Waals surface area contributed by atoms with E-state index in [0.29, 0.717) is 27.2 Å². The summed E-state index contributed by atoms with van der Waals surface area (Å²) in [5.41, 5.74) is 2.18. The molecule has 0 spiro atoms. The van der Waals surface area contributed by atoms with Gasteiger partial charge in [0.1, 0.15) is 5.69 Å². The molecule has 0 amide bonds. The maximum atomic E-state index is 11.1. The molecule has 2 aromatic rings. The van der Waals surface area contributed by atoms with Crippen LogP contribution >= 0.6 is 23.2 Å². The number of hydrogen-bond donors (Lipinski definition) is 0. The Morgan fingerprint density at radius 3 is 2.50 bits per heavy atom. The highest BCUT2D eigenvalue weighted by Crippen LogP contribution is 2.43. The fourth-order valence-electron chi connectivity index (χ4n) is 2.10. The van der Waals surface area contributed by atoms with Gasteiger partial charge in [-0.1, -0.05) is 29.3 Å². The quantitative estimate of drug-likeness (QED) is 0.800. The number of benzene rings is 1. The molecule has 1 heterocycles. The average molecular weight is 281 g/mol. The highest BCUT2D eigenvalue weighted by atomic mass is 35.5. The Balaban J connectivity index is 2.23. The second-order valence-corrected chi connectivity index (χ2v) is 5.17. The summed E-state index contributed by atoms with van der Waals surface area (Å²) in [5, 5.41) is 5.32. The summed E-state index contributed by atoms with van der Waals surface area (Å²) in [5.74, 6) is 0.389. The molecule has 1 aromatic heterocycles. The van der Waals surface area contributed by atoms with Crippen LogP contribution in [0.1, 0.15) is 34.8 Å². The summed E-state index contributed by atoms with van der Waals surface area (Å²) in [7, 11) is 0. The standard InChI is InChI=1S/C13H10Cl2N2O/c14-10-2-1-3-11(15)13(10)17-12(8-4-5-8)9(7-18)6-16-17/h1-3,6-8H,4-5H2. The number of rotatable bonds is 3. The van der Waals surface area contributed by atoms with Gasteiger partial charge in [-0.3, -0.25) is 4.79 Å². The van der Waals surface area contributed by atoms with Gasteiger partial charge in [-0.25, -0.2) is 4.68 Å². The van der Waals surface area contributed by atoms with Crippen LogP contribution in [0.15, 0.2) is 24.4 Å². The molecule has 0 bridgehead atoms. The van der Waals surface area contributed by atoms with Crippen molar-refractivity contribution >= 4 is 29.5 Å². The third-order valence-corrected chi connectivity index (χ3v) is 3.69. The van der Waals surface area contributed by atoms with Crippen molar-refractivity contribution in [2.75, 3.05) is 0 Å². The van der Waals surface area contributed by atoms with Gasteiger partial charge in [-0.15, -0.1) is 0 Å². The van der Waals surface area contributed by atoms with E-state index in [4.69, 9.17) is 23.2 Å². The van der Waals surface area contributed by atoms with Gasteiger partial charge < -0.3 is 0 Å². The normalized spacial score (nSPS) is 14.8. The van der Waals surface area contributed by atoms with Gasteiger partial charge in [0.25, 0.3) is 0 Å². The van der Waals surface area contributed by atoms with E-state index >= 15 is 0 Å². The van der Waals surface area contributed by atoms with Gasteiger partial charge in [0.15, 0.2) is 6.29 Å². The number of carbonyl (C=O) groups is 1. The van der Waals surface area contributed by atoms with Gasteiger partial charge in [0, 0.05) is 5.92 Å². The topological polar surface area (TPSA) is 34.9 Å². The average Bonchev–Trinajstić information content (AvgIpc) is 3.10. The Labute approximate surface area is 114 Å². The molecule has 3 nitrogen and oxygen atoms in total. The smallest absolute Gasteiger partial charge is 0.153 e. The predicted molar refractivity (Wildman–Crippen MR) is 70.9 cm³/mol.